The first kappa shape index (κ1) is 16.3. The molecular weight excluding hydrogens is 271 g/mol. The fourth-order valence-corrected chi connectivity index (χ4v) is 1.53. The molecule has 0 saturated carbocycles. The molecule has 3 nitrogen and oxygen atoms in total. The number of hydrogen-bond donors (Lipinski definition) is 1. The van der Waals surface area contributed by atoms with E-state index in [9.17, 15) is 18.0 Å². The van der Waals surface area contributed by atoms with Crippen molar-refractivity contribution in [1.29, 1.82) is 0 Å². The van der Waals surface area contributed by atoms with Gasteiger partial charge in [-0.15, -0.1) is 0 Å². The highest BCUT2D eigenvalue weighted by molar-refractivity contribution is 5.77. The number of nitrogens with one attached hydrogen (secondary N) is 1. The Morgan fingerprint density at radius 2 is 1.90 bits per heavy atom. The zero-order valence-electron chi connectivity index (χ0n) is 11.5. The van der Waals surface area contributed by atoms with Crippen molar-refractivity contribution < 1.29 is 22.7 Å². The maximum absolute atomic E-state index is 11.9. The molecule has 0 aliphatic heterocycles. The lowest BCUT2D eigenvalue weighted by atomic mass is 9.99. The average Bonchev–Trinajstić information content (AvgIpc) is 2.41. The predicted octanol–water partition coefficient (Wildman–Crippen LogP) is 3.26. The van der Waals surface area contributed by atoms with Crippen LogP contribution in [0.2, 0.25) is 0 Å². The highest BCUT2D eigenvalue weighted by atomic mass is 19.4. The smallest absolute Gasteiger partial charge is 0.405 e. The number of hydrogen-bond acceptors (Lipinski definition) is 2. The van der Waals surface area contributed by atoms with Gasteiger partial charge in [0.1, 0.15) is 12.3 Å². The van der Waals surface area contributed by atoms with Crippen LogP contribution in [-0.2, 0) is 4.79 Å². The fraction of sp³-hybridized carbons (Fsp3) is 0.500. The van der Waals surface area contributed by atoms with Crippen molar-refractivity contribution in [3.63, 3.8) is 0 Å². The lowest BCUT2D eigenvalue weighted by Gasteiger charge is -2.11. The molecule has 112 valence electrons. The Morgan fingerprint density at radius 1 is 1.30 bits per heavy atom. The summed E-state index contributed by atoms with van der Waals surface area (Å²) >= 11 is 0. The Labute approximate surface area is 116 Å². The molecule has 0 saturated heterocycles. The molecule has 0 spiro atoms. The molecule has 0 heterocycles. The van der Waals surface area contributed by atoms with E-state index >= 15 is 0 Å². The molecule has 1 amide bonds. The van der Waals surface area contributed by atoms with Gasteiger partial charge < -0.3 is 10.1 Å². The number of carbonyl (C=O) groups excluding carboxylic acids is 1. The summed E-state index contributed by atoms with van der Waals surface area (Å²) in [6.07, 6.45) is -3.40. The van der Waals surface area contributed by atoms with Crippen molar-refractivity contribution in [1.82, 2.24) is 5.32 Å². The second-order valence-corrected chi connectivity index (χ2v) is 4.56. The lowest BCUT2D eigenvalue weighted by Crippen LogP contribution is -2.36. The van der Waals surface area contributed by atoms with E-state index in [1.165, 1.54) is 0 Å². The molecule has 1 unspecified atom stereocenters. The van der Waals surface area contributed by atoms with Gasteiger partial charge >= 0.3 is 6.18 Å². The van der Waals surface area contributed by atoms with Crippen molar-refractivity contribution >= 4 is 5.91 Å². The van der Waals surface area contributed by atoms with Crippen molar-refractivity contribution in [2.45, 2.75) is 32.4 Å². The fourth-order valence-electron chi connectivity index (χ4n) is 1.53. The van der Waals surface area contributed by atoms with Gasteiger partial charge in [-0.1, -0.05) is 26.0 Å². The van der Waals surface area contributed by atoms with Crippen molar-refractivity contribution in [3.8, 4) is 5.75 Å². The molecule has 1 aromatic rings. The maximum Gasteiger partial charge on any atom is 0.405 e. The van der Waals surface area contributed by atoms with E-state index in [0.717, 1.165) is 12.0 Å². The number of amides is 1. The van der Waals surface area contributed by atoms with E-state index in [0.29, 0.717) is 11.7 Å². The molecule has 6 heteroatoms. The summed E-state index contributed by atoms with van der Waals surface area (Å²) in [6.45, 7) is 2.40. The second kappa shape index (κ2) is 7.17. The first-order valence-electron chi connectivity index (χ1n) is 6.38. The first-order valence-corrected chi connectivity index (χ1v) is 6.38. The molecule has 0 radical (unpaired) electrons. The molecule has 0 aliphatic rings. The standard InChI is InChI=1S/C14H18F3NO2/c1-3-10(2)11-4-6-12(7-5-11)20-8-13(19)18-9-14(15,16)17/h4-7,10H,3,8-9H2,1-2H3,(H,18,19). The van der Waals surface area contributed by atoms with E-state index in [-0.39, 0.29) is 0 Å². The van der Waals surface area contributed by atoms with E-state index in [4.69, 9.17) is 4.74 Å². The van der Waals surface area contributed by atoms with Gasteiger partial charge in [-0.3, -0.25) is 4.79 Å². The number of benzene rings is 1. The summed E-state index contributed by atoms with van der Waals surface area (Å²) in [6, 6.07) is 7.19. The third kappa shape index (κ3) is 5.95. The van der Waals surface area contributed by atoms with Crippen molar-refractivity contribution in [2.75, 3.05) is 13.2 Å². The third-order valence-corrected chi connectivity index (χ3v) is 2.92. The van der Waals surface area contributed by atoms with E-state index in [1.807, 2.05) is 12.1 Å². The van der Waals surface area contributed by atoms with Gasteiger partial charge in [0.25, 0.3) is 5.91 Å². The van der Waals surface area contributed by atoms with Crippen LogP contribution in [0, 0.1) is 0 Å². The number of halogens is 3. The molecule has 1 atom stereocenters. The lowest BCUT2D eigenvalue weighted by molar-refractivity contribution is -0.139. The Hall–Kier alpha value is -1.72. The Morgan fingerprint density at radius 3 is 2.40 bits per heavy atom. The van der Waals surface area contributed by atoms with Crippen molar-refractivity contribution in [2.24, 2.45) is 0 Å². The van der Waals surface area contributed by atoms with Crippen LogP contribution in [0.4, 0.5) is 13.2 Å². The highest BCUT2D eigenvalue weighted by Crippen LogP contribution is 2.21. The zero-order chi connectivity index (χ0) is 15.2. The topological polar surface area (TPSA) is 38.3 Å². The molecule has 0 aromatic heterocycles. The minimum atomic E-state index is -4.41. The summed E-state index contributed by atoms with van der Waals surface area (Å²) in [5.74, 6) is 0.0895. The Bertz CT molecular complexity index is 429. The summed E-state index contributed by atoms with van der Waals surface area (Å²) in [5, 5.41) is 1.74. The first-order chi connectivity index (χ1) is 9.31. The summed E-state index contributed by atoms with van der Waals surface area (Å²) in [4.78, 5) is 11.1. The van der Waals surface area contributed by atoms with Gasteiger partial charge in [-0.25, -0.2) is 0 Å². The minimum absolute atomic E-state index is 0.430. The van der Waals surface area contributed by atoms with Gasteiger partial charge in [0.05, 0.1) is 0 Å². The zero-order valence-corrected chi connectivity index (χ0v) is 11.5. The van der Waals surface area contributed by atoms with Crippen LogP contribution in [0.3, 0.4) is 0 Å². The SMILES string of the molecule is CCC(C)c1ccc(OCC(=O)NCC(F)(F)F)cc1. The van der Waals surface area contributed by atoms with Crippen LogP contribution in [0.15, 0.2) is 24.3 Å². The number of alkyl halides is 3. The molecule has 0 fully saturated rings. The Kier molecular flexibility index (Phi) is 5.85. The molecule has 1 N–H and O–H groups in total. The Balaban J connectivity index is 2.40. The highest BCUT2D eigenvalue weighted by Gasteiger charge is 2.27. The number of carbonyl (C=O) groups is 1. The quantitative estimate of drug-likeness (QED) is 0.873. The molecule has 20 heavy (non-hydrogen) atoms. The molecule has 0 aliphatic carbocycles. The summed E-state index contributed by atoms with van der Waals surface area (Å²) in [7, 11) is 0. The summed E-state index contributed by atoms with van der Waals surface area (Å²) in [5.41, 5.74) is 1.15. The normalized spacial score (nSPS) is 12.8. The minimum Gasteiger partial charge on any atom is -0.484 e. The molecular formula is C14H18F3NO2. The van der Waals surface area contributed by atoms with Crippen LogP contribution >= 0.6 is 0 Å². The van der Waals surface area contributed by atoms with Crippen LogP contribution in [0.1, 0.15) is 31.7 Å². The van der Waals surface area contributed by atoms with E-state index in [2.05, 4.69) is 13.8 Å². The van der Waals surface area contributed by atoms with Crippen LogP contribution in [-0.4, -0.2) is 25.2 Å². The van der Waals surface area contributed by atoms with E-state index < -0.39 is 25.2 Å². The third-order valence-electron chi connectivity index (χ3n) is 2.92. The average molecular weight is 289 g/mol. The number of rotatable bonds is 6. The van der Waals surface area contributed by atoms with Gasteiger partial charge in [0.15, 0.2) is 6.61 Å². The maximum atomic E-state index is 11.9. The molecule has 1 rings (SSSR count). The van der Waals surface area contributed by atoms with Gasteiger partial charge in [-0.05, 0) is 30.0 Å². The molecule has 0 bridgehead atoms. The number of ether oxygens (including phenoxy) is 1. The van der Waals surface area contributed by atoms with Crippen LogP contribution in [0.5, 0.6) is 5.75 Å². The van der Waals surface area contributed by atoms with E-state index in [1.54, 1.807) is 17.4 Å². The van der Waals surface area contributed by atoms with Gasteiger partial charge in [-0.2, -0.15) is 13.2 Å². The molecule has 1 aromatic carbocycles. The monoisotopic (exact) mass is 289 g/mol. The van der Waals surface area contributed by atoms with Gasteiger partial charge in [0.2, 0.25) is 0 Å². The summed E-state index contributed by atoms with van der Waals surface area (Å²) < 4.78 is 40.8. The second-order valence-electron chi connectivity index (χ2n) is 4.56. The largest absolute Gasteiger partial charge is 0.484 e. The van der Waals surface area contributed by atoms with Crippen molar-refractivity contribution in [3.05, 3.63) is 29.8 Å². The van der Waals surface area contributed by atoms with Gasteiger partial charge in [0, 0.05) is 0 Å². The van der Waals surface area contributed by atoms with Crippen LogP contribution in [0.25, 0.3) is 0 Å². The van der Waals surface area contributed by atoms with Crippen LogP contribution < -0.4 is 10.1 Å². The predicted molar refractivity (Wildman–Crippen MR) is 69.7 cm³/mol.